The average molecular weight is 184 g/mol. The number of rotatable bonds is 6. The summed E-state index contributed by atoms with van der Waals surface area (Å²) in [7, 11) is 0. The van der Waals surface area contributed by atoms with Crippen molar-refractivity contribution in [2.24, 2.45) is 0 Å². The van der Waals surface area contributed by atoms with Crippen molar-refractivity contribution in [1.29, 1.82) is 0 Å². The molecule has 0 saturated heterocycles. The van der Waals surface area contributed by atoms with Crippen molar-refractivity contribution in [3.05, 3.63) is 24.3 Å². The van der Waals surface area contributed by atoms with Crippen LogP contribution >= 0.6 is 0 Å². The molecular weight excluding hydrogens is 172 g/mol. The van der Waals surface area contributed by atoms with E-state index in [0.29, 0.717) is 12.8 Å². The molecule has 0 rings (SSSR count). The van der Waals surface area contributed by atoms with Crippen LogP contribution in [0.25, 0.3) is 0 Å². The Hall–Kier alpha value is -1.58. The van der Waals surface area contributed by atoms with Crippen LogP contribution in [0.2, 0.25) is 0 Å². The maximum atomic E-state index is 10.1. The highest BCUT2D eigenvalue weighted by molar-refractivity contribution is 5.80. The normalized spacial score (nSPS) is 11.1. The number of carboxylic acid groups (broad SMARTS) is 2. The van der Waals surface area contributed by atoms with E-state index in [1.165, 1.54) is 6.08 Å². The third-order valence-corrected chi connectivity index (χ3v) is 1.25. The summed E-state index contributed by atoms with van der Waals surface area (Å²) in [6, 6.07) is 0. The Kier molecular flexibility index (Phi) is 6.23. The summed E-state index contributed by atoms with van der Waals surface area (Å²) in [5.41, 5.74) is 0. The van der Waals surface area contributed by atoms with Gasteiger partial charge in [-0.2, -0.15) is 0 Å². The van der Waals surface area contributed by atoms with Gasteiger partial charge in [-0.15, -0.1) is 0 Å². The maximum absolute atomic E-state index is 10.1. The van der Waals surface area contributed by atoms with Crippen LogP contribution in [0.3, 0.4) is 0 Å². The molecule has 0 aromatic rings. The lowest BCUT2D eigenvalue weighted by molar-refractivity contribution is -0.137. The maximum Gasteiger partial charge on any atom is 0.328 e. The predicted molar refractivity (Wildman–Crippen MR) is 47.4 cm³/mol. The van der Waals surface area contributed by atoms with Gasteiger partial charge in [0.05, 0.1) is 0 Å². The standard InChI is InChI=1S/C9H12O4/c10-8(11)6-4-2-1-3-5-7-9(12)13/h1-2,4,6H,3,5,7H2,(H,10,11)(H,12,13). The van der Waals surface area contributed by atoms with Gasteiger partial charge in [0, 0.05) is 12.5 Å². The first-order valence-corrected chi connectivity index (χ1v) is 3.91. The first-order chi connectivity index (χ1) is 6.13. The summed E-state index contributed by atoms with van der Waals surface area (Å²) in [5, 5.41) is 16.5. The lowest BCUT2D eigenvalue weighted by Crippen LogP contribution is -1.92. The van der Waals surface area contributed by atoms with E-state index >= 15 is 0 Å². The summed E-state index contributed by atoms with van der Waals surface area (Å²) >= 11 is 0. The quantitative estimate of drug-likeness (QED) is 0.372. The molecule has 0 aromatic heterocycles. The molecule has 0 aliphatic heterocycles. The van der Waals surface area contributed by atoms with Gasteiger partial charge in [0.1, 0.15) is 0 Å². The first-order valence-electron chi connectivity index (χ1n) is 3.91. The van der Waals surface area contributed by atoms with Crippen molar-refractivity contribution in [1.82, 2.24) is 0 Å². The van der Waals surface area contributed by atoms with E-state index in [1.54, 1.807) is 12.2 Å². The zero-order chi connectivity index (χ0) is 10.1. The summed E-state index contributed by atoms with van der Waals surface area (Å²) in [4.78, 5) is 20.0. The Bertz CT molecular complexity index is 228. The predicted octanol–water partition coefficient (Wildman–Crippen LogP) is 1.44. The van der Waals surface area contributed by atoms with Gasteiger partial charge >= 0.3 is 11.9 Å². The van der Waals surface area contributed by atoms with E-state index in [0.717, 1.165) is 6.08 Å². The fourth-order valence-electron chi connectivity index (χ4n) is 0.684. The van der Waals surface area contributed by atoms with Crippen molar-refractivity contribution in [2.75, 3.05) is 0 Å². The minimum Gasteiger partial charge on any atom is -0.481 e. The minimum atomic E-state index is -0.991. The van der Waals surface area contributed by atoms with Crippen molar-refractivity contribution in [3.63, 3.8) is 0 Å². The summed E-state index contributed by atoms with van der Waals surface area (Å²) in [5.74, 6) is -1.80. The minimum absolute atomic E-state index is 0.146. The largest absolute Gasteiger partial charge is 0.481 e. The van der Waals surface area contributed by atoms with Crippen LogP contribution in [0, 0.1) is 0 Å². The fraction of sp³-hybridized carbons (Fsp3) is 0.333. The number of carboxylic acids is 2. The summed E-state index contributed by atoms with van der Waals surface area (Å²) in [6.45, 7) is 0. The number of carbonyl (C=O) groups is 2. The second-order valence-corrected chi connectivity index (χ2v) is 2.41. The van der Waals surface area contributed by atoms with E-state index in [4.69, 9.17) is 10.2 Å². The second kappa shape index (κ2) is 7.09. The fourth-order valence-corrected chi connectivity index (χ4v) is 0.684. The van der Waals surface area contributed by atoms with Gasteiger partial charge in [0.25, 0.3) is 0 Å². The highest BCUT2D eigenvalue weighted by atomic mass is 16.4. The van der Waals surface area contributed by atoms with E-state index in [-0.39, 0.29) is 6.42 Å². The number of aliphatic carboxylic acids is 2. The Morgan fingerprint density at radius 1 is 1.15 bits per heavy atom. The van der Waals surface area contributed by atoms with Crippen LogP contribution in [0.1, 0.15) is 19.3 Å². The molecule has 0 saturated carbocycles. The van der Waals surface area contributed by atoms with Crippen LogP contribution in [0.5, 0.6) is 0 Å². The molecular formula is C9H12O4. The lowest BCUT2D eigenvalue weighted by atomic mass is 10.2. The van der Waals surface area contributed by atoms with Crippen LogP contribution in [0.15, 0.2) is 24.3 Å². The van der Waals surface area contributed by atoms with E-state index in [9.17, 15) is 9.59 Å². The Morgan fingerprint density at radius 3 is 2.38 bits per heavy atom. The molecule has 4 nitrogen and oxygen atoms in total. The molecule has 0 unspecified atom stereocenters. The highest BCUT2D eigenvalue weighted by Gasteiger charge is 1.92. The topological polar surface area (TPSA) is 74.6 Å². The van der Waals surface area contributed by atoms with Crippen molar-refractivity contribution < 1.29 is 19.8 Å². The van der Waals surface area contributed by atoms with Crippen LogP contribution in [-0.2, 0) is 9.59 Å². The molecule has 0 aliphatic carbocycles. The molecule has 0 radical (unpaired) electrons. The Labute approximate surface area is 76.2 Å². The number of allylic oxidation sites excluding steroid dienone is 3. The van der Waals surface area contributed by atoms with Crippen molar-refractivity contribution >= 4 is 11.9 Å². The summed E-state index contributed by atoms with van der Waals surface area (Å²) < 4.78 is 0. The number of unbranched alkanes of at least 4 members (excludes halogenated alkanes) is 1. The van der Waals surface area contributed by atoms with E-state index < -0.39 is 11.9 Å². The molecule has 0 fully saturated rings. The lowest BCUT2D eigenvalue weighted by Gasteiger charge is -1.88. The van der Waals surface area contributed by atoms with Crippen molar-refractivity contribution in [3.8, 4) is 0 Å². The van der Waals surface area contributed by atoms with Gasteiger partial charge in [0.2, 0.25) is 0 Å². The molecule has 0 amide bonds. The Morgan fingerprint density at radius 2 is 1.85 bits per heavy atom. The third-order valence-electron chi connectivity index (χ3n) is 1.25. The molecule has 72 valence electrons. The summed E-state index contributed by atoms with van der Waals surface area (Å²) in [6.07, 6.45) is 7.13. The molecule has 4 heteroatoms. The SMILES string of the molecule is O=C(O)C=CC=CCCCC(=O)O. The highest BCUT2D eigenvalue weighted by Crippen LogP contribution is 1.96. The molecule has 2 N–H and O–H groups in total. The first kappa shape index (κ1) is 11.4. The van der Waals surface area contributed by atoms with Crippen LogP contribution in [-0.4, -0.2) is 22.2 Å². The van der Waals surface area contributed by atoms with Gasteiger partial charge < -0.3 is 10.2 Å². The van der Waals surface area contributed by atoms with E-state index in [2.05, 4.69) is 0 Å². The molecule has 13 heavy (non-hydrogen) atoms. The monoisotopic (exact) mass is 184 g/mol. The zero-order valence-corrected chi connectivity index (χ0v) is 7.14. The Balaban J connectivity index is 3.42. The van der Waals surface area contributed by atoms with Crippen molar-refractivity contribution in [2.45, 2.75) is 19.3 Å². The van der Waals surface area contributed by atoms with Gasteiger partial charge in [-0.1, -0.05) is 18.2 Å². The number of hydrogen-bond donors (Lipinski definition) is 2. The van der Waals surface area contributed by atoms with Gasteiger partial charge in [0.15, 0.2) is 0 Å². The zero-order valence-electron chi connectivity index (χ0n) is 7.14. The average Bonchev–Trinajstić information content (AvgIpc) is 2.01. The molecule has 0 aromatic carbocycles. The third kappa shape index (κ3) is 10.4. The molecule has 0 spiro atoms. The van der Waals surface area contributed by atoms with Crippen LogP contribution in [0.4, 0.5) is 0 Å². The molecule has 0 aliphatic rings. The van der Waals surface area contributed by atoms with E-state index in [1.807, 2.05) is 0 Å². The molecule has 0 atom stereocenters. The van der Waals surface area contributed by atoms with Gasteiger partial charge in [-0.3, -0.25) is 4.79 Å². The molecule has 0 heterocycles. The van der Waals surface area contributed by atoms with Crippen LogP contribution < -0.4 is 0 Å². The van der Waals surface area contributed by atoms with Gasteiger partial charge in [-0.25, -0.2) is 4.79 Å². The molecule has 0 bridgehead atoms. The van der Waals surface area contributed by atoms with Gasteiger partial charge in [-0.05, 0) is 12.8 Å². The number of hydrogen-bond acceptors (Lipinski definition) is 2. The smallest absolute Gasteiger partial charge is 0.328 e. The second-order valence-electron chi connectivity index (χ2n) is 2.41.